The van der Waals surface area contributed by atoms with Gasteiger partial charge in [-0.1, -0.05) is 24.3 Å². The molecule has 0 aliphatic heterocycles. The highest BCUT2D eigenvalue weighted by Crippen LogP contribution is 2.19. The van der Waals surface area contributed by atoms with Crippen LogP contribution in [0.4, 0.5) is 0 Å². The van der Waals surface area contributed by atoms with Crippen LogP contribution in [0.5, 0.6) is 0 Å². The first kappa shape index (κ1) is 24.5. The molecule has 0 unspecified atom stereocenters. The molecule has 1 rings (SSSR count). The number of nitrogens with one attached hydrogen (secondary N) is 2. The molecule has 0 saturated heterocycles. The second-order valence-corrected chi connectivity index (χ2v) is 8.53. The predicted octanol–water partition coefficient (Wildman–Crippen LogP) is 3.95. The summed E-state index contributed by atoms with van der Waals surface area (Å²) >= 11 is 1.86. The van der Waals surface area contributed by atoms with E-state index < -0.39 is 0 Å². The minimum atomic E-state index is 0. The van der Waals surface area contributed by atoms with Gasteiger partial charge in [-0.25, -0.2) is 0 Å². The van der Waals surface area contributed by atoms with Gasteiger partial charge in [0, 0.05) is 37.5 Å². The topological polar surface area (TPSA) is 39.7 Å². The molecule has 0 amide bonds. The van der Waals surface area contributed by atoms with Gasteiger partial charge in [0.25, 0.3) is 0 Å². The van der Waals surface area contributed by atoms with Gasteiger partial charge in [0.1, 0.15) is 0 Å². The van der Waals surface area contributed by atoms with Crippen molar-refractivity contribution in [1.29, 1.82) is 0 Å². The van der Waals surface area contributed by atoms with E-state index in [0.717, 1.165) is 25.6 Å². The van der Waals surface area contributed by atoms with Crippen molar-refractivity contribution in [3.8, 4) is 0 Å². The van der Waals surface area contributed by atoms with Crippen LogP contribution in [0.1, 0.15) is 38.8 Å². The van der Waals surface area contributed by atoms with Crippen LogP contribution in [-0.4, -0.2) is 48.5 Å². The lowest BCUT2D eigenvalue weighted by atomic mass is 10.1. The van der Waals surface area contributed by atoms with Crippen LogP contribution in [0.3, 0.4) is 0 Å². The van der Waals surface area contributed by atoms with Crippen molar-refractivity contribution in [2.24, 2.45) is 4.99 Å². The van der Waals surface area contributed by atoms with Crippen LogP contribution >= 0.6 is 35.7 Å². The van der Waals surface area contributed by atoms with E-state index in [1.807, 2.05) is 18.8 Å². The third-order valence-electron chi connectivity index (χ3n) is 4.32. The van der Waals surface area contributed by atoms with Crippen molar-refractivity contribution >= 4 is 41.7 Å². The smallest absolute Gasteiger partial charge is 0.191 e. The standard InChI is InChI=1S/C19H34N4S.HI/c1-15(2)23(6)13-17-11-9-8-10-16(17)12-21-18(20-5)22-14-19(3,4)24-7;/h8-11,15H,12-14H2,1-7H3,(H2,20,21,22);1H. The average Bonchev–Trinajstić information content (AvgIpc) is 2.56. The Kier molecular flexibility index (Phi) is 11.8. The van der Waals surface area contributed by atoms with Gasteiger partial charge < -0.3 is 10.6 Å². The van der Waals surface area contributed by atoms with E-state index in [1.54, 1.807) is 0 Å². The minimum Gasteiger partial charge on any atom is -0.355 e. The van der Waals surface area contributed by atoms with E-state index in [1.165, 1.54) is 11.1 Å². The van der Waals surface area contributed by atoms with Crippen molar-refractivity contribution in [2.75, 3.05) is 26.9 Å². The Labute approximate surface area is 175 Å². The Hall–Kier alpha value is -0.470. The fraction of sp³-hybridized carbons (Fsp3) is 0.632. The average molecular weight is 478 g/mol. The van der Waals surface area contributed by atoms with Gasteiger partial charge >= 0.3 is 0 Å². The van der Waals surface area contributed by atoms with Gasteiger partial charge in [-0.15, -0.1) is 24.0 Å². The van der Waals surface area contributed by atoms with Crippen molar-refractivity contribution < 1.29 is 0 Å². The van der Waals surface area contributed by atoms with Gasteiger partial charge in [-0.3, -0.25) is 9.89 Å². The van der Waals surface area contributed by atoms with Gasteiger partial charge in [-0.05, 0) is 52.1 Å². The number of halogens is 1. The summed E-state index contributed by atoms with van der Waals surface area (Å²) in [5, 5.41) is 6.85. The van der Waals surface area contributed by atoms with Crippen LogP contribution in [0, 0.1) is 0 Å². The van der Waals surface area contributed by atoms with Gasteiger partial charge in [0.05, 0.1) is 0 Å². The third kappa shape index (κ3) is 9.15. The molecule has 0 aromatic heterocycles. The minimum absolute atomic E-state index is 0. The number of hydrogen-bond donors (Lipinski definition) is 2. The van der Waals surface area contributed by atoms with Gasteiger partial charge in [-0.2, -0.15) is 11.8 Å². The predicted molar refractivity (Wildman–Crippen MR) is 124 cm³/mol. The lowest BCUT2D eigenvalue weighted by Crippen LogP contribution is -2.43. The van der Waals surface area contributed by atoms with Crippen molar-refractivity contribution in [3.05, 3.63) is 35.4 Å². The molecule has 0 aliphatic rings. The Morgan fingerprint density at radius 3 is 2.32 bits per heavy atom. The molecular formula is C19H35IN4S. The third-order valence-corrected chi connectivity index (χ3v) is 5.57. The second kappa shape index (κ2) is 12.0. The molecule has 1 aromatic rings. The number of nitrogens with zero attached hydrogens (tertiary/aromatic N) is 2. The molecule has 0 saturated carbocycles. The van der Waals surface area contributed by atoms with Crippen molar-refractivity contribution in [2.45, 2.75) is 51.6 Å². The highest BCUT2D eigenvalue weighted by molar-refractivity contribution is 14.0. The van der Waals surface area contributed by atoms with Crippen LogP contribution < -0.4 is 10.6 Å². The number of rotatable bonds is 8. The zero-order valence-electron chi connectivity index (χ0n) is 16.7. The summed E-state index contributed by atoms with van der Waals surface area (Å²) in [5.74, 6) is 0.851. The molecule has 0 fully saturated rings. The van der Waals surface area contributed by atoms with E-state index in [4.69, 9.17) is 0 Å². The monoisotopic (exact) mass is 478 g/mol. The first-order chi connectivity index (χ1) is 11.3. The highest BCUT2D eigenvalue weighted by atomic mass is 127. The molecule has 0 heterocycles. The van der Waals surface area contributed by atoms with Crippen LogP contribution in [0.2, 0.25) is 0 Å². The summed E-state index contributed by atoms with van der Waals surface area (Å²) in [6, 6.07) is 9.15. The van der Waals surface area contributed by atoms with Crippen molar-refractivity contribution in [1.82, 2.24) is 15.5 Å². The zero-order chi connectivity index (χ0) is 18.2. The second-order valence-electron chi connectivity index (χ2n) is 7.02. The van der Waals surface area contributed by atoms with E-state index in [-0.39, 0.29) is 28.7 Å². The maximum Gasteiger partial charge on any atom is 0.191 e. The van der Waals surface area contributed by atoms with Crippen LogP contribution in [0.25, 0.3) is 0 Å². The summed E-state index contributed by atoms with van der Waals surface area (Å²) < 4.78 is 0.190. The zero-order valence-corrected chi connectivity index (χ0v) is 19.9. The molecule has 0 atom stereocenters. The van der Waals surface area contributed by atoms with E-state index >= 15 is 0 Å². The molecule has 144 valence electrons. The first-order valence-electron chi connectivity index (χ1n) is 8.55. The summed E-state index contributed by atoms with van der Waals surface area (Å²) in [6.07, 6.45) is 2.14. The fourth-order valence-corrected chi connectivity index (χ4v) is 2.32. The maximum absolute atomic E-state index is 4.33. The Morgan fingerprint density at radius 1 is 1.20 bits per heavy atom. The number of benzene rings is 1. The molecular weight excluding hydrogens is 443 g/mol. The molecule has 25 heavy (non-hydrogen) atoms. The molecule has 1 aromatic carbocycles. The summed E-state index contributed by atoms with van der Waals surface area (Å²) in [4.78, 5) is 6.69. The number of hydrogen-bond acceptors (Lipinski definition) is 3. The highest BCUT2D eigenvalue weighted by Gasteiger charge is 2.16. The molecule has 6 heteroatoms. The number of guanidine groups is 1. The summed E-state index contributed by atoms with van der Waals surface area (Å²) in [6.45, 7) is 11.5. The number of thioether (sulfide) groups is 1. The van der Waals surface area contributed by atoms with Crippen molar-refractivity contribution in [3.63, 3.8) is 0 Å². The summed E-state index contributed by atoms with van der Waals surface area (Å²) in [7, 11) is 3.99. The summed E-state index contributed by atoms with van der Waals surface area (Å²) in [5.41, 5.74) is 2.68. The maximum atomic E-state index is 4.33. The van der Waals surface area contributed by atoms with Crippen LogP contribution in [0.15, 0.2) is 29.3 Å². The van der Waals surface area contributed by atoms with Gasteiger partial charge in [0.2, 0.25) is 0 Å². The molecule has 0 aliphatic carbocycles. The lowest BCUT2D eigenvalue weighted by molar-refractivity contribution is 0.265. The largest absolute Gasteiger partial charge is 0.355 e. The molecule has 4 nitrogen and oxygen atoms in total. The fourth-order valence-electron chi connectivity index (χ4n) is 2.10. The van der Waals surface area contributed by atoms with E-state index in [2.05, 4.69) is 85.8 Å². The quantitative estimate of drug-likeness (QED) is 0.337. The molecule has 0 spiro atoms. The SMILES string of the molecule is CN=C(NCc1ccccc1CN(C)C(C)C)NCC(C)(C)SC.I. The molecule has 0 radical (unpaired) electrons. The van der Waals surface area contributed by atoms with Crippen LogP contribution in [-0.2, 0) is 13.1 Å². The molecule has 0 bridgehead atoms. The lowest BCUT2D eigenvalue weighted by Gasteiger charge is -2.24. The normalized spacial score (nSPS) is 12.3. The van der Waals surface area contributed by atoms with Gasteiger partial charge in [0.15, 0.2) is 5.96 Å². The Bertz CT molecular complexity index is 532. The Morgan fingerprint density at radius 2 is 1.80 bits per heavy atom. The Balaban J connectivity index is 0.00000576. The van der Waals surface area contributed by atoms with E-state index in [9.17, 15) is 0 Å². The molecule has 2 N–H and O–H groups in total. The number of aliphatic imine (C=N–C) groups is 1. The van der Waals surface area contributed by atoms with E-state index in [0.29, 0.717) is 6.04 Å². The first-order valence-corrected chi connectivity index (χ1v) is 9.78.